The maximum Gasteiger partial charge on any atom is 0.374 e. The number of nitrogens with one attached hydrogen (secondary N) is 1. The number of amides is 1. The molecule has 0 unspecified atom stereocenters. The van der Waals surface area contributed by atoms with Gasteiger partial charge in [-0.2, -0.15) is 0 Å². The van der Waals surface area contributed by atoms with Gasteiger partial charge in [-0.25, -0.2) is 4.79 Å². The summed E-state index contributed by atoms with van der Waals surface area (Å²) >= 11 is 0. The van der Waals surface area contributed by atoms with Gasteiger partial charge in [0.05, 0.1) is 0 Å². The van der Waals surface area contributed by atoms with Crippen molar-refractivity contribution >= 4 is 28.5 Å². The molecule has 6 nitrogen and oxygen atoms in total. The lowest BCUT2D eigenvalue weighted by molar-refractivity contribution is -0.124. The van der Waals surface area contributed by atoms with Gasteiger partial charge in [0.1, 0.15) is 5.58 Å². The Morgan fingerprint density at radius 1 is 1.33 bits per heavy atom. The molecule has 0 aliphatic carbocycles. The number of unbranched alkanes of at least 4 members (excludes halogenated alkanes) is 1. The number of nitrogens with two attached hydrogens (primary N) is 1. The fraction of sp³-hybridized carbons (Fsp3) is 0.333. The third kappa shape index (κ3) is 3.98. The summed E-state index contributed by atoms with van der Waals surface area (Å²) in [5.74, 6) is -0.940. The number of anilines is 1. The number of fused-ring (bicyclic) bond motifs is 1. The van der Waals surface area contributed by atoms with Gasteiger partial charge in [0, 0.05) is 17.6 Å². The van der Waals surface area contributed by atoms with E-state index in [-0.39, 0.29) is 18.3 Å². The number of ether oxygens (including phenoxy) is 1. The summed E-state index contributed by atoms with van der Waals surface area (Å²) in [5.41, 5.74) is 6.78. The Balaban J connectivity index is 1.91. The highest BCUT2D eigenvalue weighted by molar-refractivity contribution is 5.94. The number of carbonyl (C=O) groups is 2. The smallest absolute Gasteiger partial charge is 0.374 e. The van der Waals surface area contributed by atoms with Gasteiger partial charge in [-0.3, -0.25) is 4.79 Å². The Bertz CT molecular complexity index is 648. The number of furan rings is 1. The molecule has 0 spiro atoms. The molecule has 21 heavy (non-hydrogen) atoms. The molecule has 3 N–H and O–H groups in total. The molecule has 1 aromatic carbocycles. The Hall–Kier alpha value is -2.50. The second kappa shape index (κ2) is 6.78. The quantitative estimate of drug-likeness (QED) is 0.482. The molecule has 2 rings (SSSR count). The second-order valence-electron chi connectivity index (χ2n) is 4.69. The van der Waals surface area contributed by atoms with Crippen LogP contribution < -0.4 is 11.1 Å². The number of carbonyl (C=O) groups excluding carboxylic acids is 2. The van der Waals surface area contributed by atoms with Crippen molar-refractivity contribution in [3.8, 4) is 0 Å². The minimum absolute atomic E-state index is 0.0527. The van der Waals surface area contributed by atoms with E-state index in [0.29, 0.717) is 23.2 Å². The first-order valence-corrected chi connectivity index (χ1v) is 6.83. The van der Waals surface area contributed by atoms with Crippen molar-refractivity contribution in [2.24, 2.45) is 0 Å². The average molecular weight is 290 g/mol. The van der Waals surface area contributed by atoms with E-state index in [1.54, 1.807) is 24.3 Å². The van der Waals surface area contributed by atoms with E-state index in [2.05, 4.69) is 5.32 Å². The van der Waals surface area contributed by atoms with Gasteiger partial charge in [0.25, 0.3) is 5.91 Å². The summed E-state index contributed by atoms with van der Waals surface area (Å²) in [5, 5.41) is 3.38. The van der Waals surface area contributed by atoms with Crippen LogP contribution in [0.3, 0.4) is 0 Å². The maximum atomic E-state index is 11.8. The maximum absolute atomic E-state index is 11.8. The predicted octanol–water partition coefficient (Wildman–Crippen LogP) is 2.09. The number of hydrogen-bond donors (Lipinski definition) is 2. The third-order valence-corrected chi connectivity index (χ3v) is 2.93. The number of benzene rings is 1. The predicted molar refractivity (Wildman–Crippen MR) is 78.8 cm³/mol. The van der Waals surface area contributed by atoms with Crippen molar-refractivity contribution in [3.05, 3.63) is 30.0 Å². The zero-order valence-corrected chi connectivity index (χ0v) is 11.8. The zero-order valence-electron chi connectivity index (χ0n) is 11.8. The molecule has 0 saturated carbocycles. The zero-order chi connectivity index (χ0) is 15.2. The van der Waals surface area contributed by atoms with E-state index in [1.165, 1.54) is 0 Å². The highest BCUT2D eigenvalue weighted by Crippen LogP contribution is 2.22. The molecule has 0 saturated heterocycles. The number of rotatable bonds is 6. The molecule has 6 heteroatoms. The van der Waals surface area contributed by atoms with Gasteiger partial charge in [0.15, 0.2) is 6.61 Å². The molecule has 0 bridgehead atoms. The summed E-state index contributed by atoms with van der Waals surface area (Å²) in [4.78, 5) is 23.2. The Morgan fingerprint density at radius 2 is 2.14 bits per heavy atom. The van der Waals surface area contributed by atoms with Gasteiger partial charge in [-0.05, 0) is 30.7 Å². The first-order chi connectivity index (χ1) is 10.1. The molecule has 1 aromatic heterocycles. The van der Waals surface area contributed by atoms with E-state index < -0.39 is 5.97 Å². The number of hydrogen-bond acceptors (Lipinski definition) is 5. The van der Waals surface area contributed by atoms with Crippen LogP contribution >= 0.6 is 0 Å². The summed E-state index contributed by atoms with van der Waals surface area (Å²) in [6.07, 6.45) is 1.88. The normalized spacial score (nSPS) is 10.5. The molecule has 0 radical (unpaired) electrons. The van der Waals surface area contributed by atoms with Crippen LogP contribution in [0.5, 0.6) is 0 Å². The van der Waals surface area contributed by atoms with E-state index in [1.807, 2.05) is 6.92 Å². The van der Waals surface area contributed by atoms with Crippen molar-refractivity contribution < 1.29 is 18.7 Å². The van der Waals surface area contributed by atoms with Crippen LogP contribution in [-0.2, 0) is 9.53 Å². The van der Waals surface area contributed by atoms with Crippen molar-refractivity contribution in [2.45, 2.75) is 19.8 Å². The number of nitrogen functional groups attached to an aromatic ring is 1. The SMILES string of the molecule is CCCCNC(=O)COC(=O)c1cc2cc(N)ccc2o1. The van der Waals surface area contributed by atoms with Crippen molar-refractivity contribution in [1.29, 1.82) is 0 Å². The third-order valence-electron chi connectivity index (χ3n) is 2.93. The van der Waals surface area contributed by atoms with Crippen LogP contribution in [0.15, 0.2) is 28.7 Å². The van der Waals surface area contributed by atoms with E-state index >= 15 is 0 Å². The Kier molecular flexibility index (Phi) is 4.81. The molecule has 1 amide bonds. The second-order valence-corrected chi connectivity index (χ2v) is 4.69. The van der Waals surface area contributed by atoms with E-state index in [9.17, 15) is 9.59 Å². The molecular formula is C15H18N2O4. The lowest BCUT2D eigenvalue weighted by Crippen LogP contribution is -2.29. The molecular weight excluding hydrogens is 272 g/mol. The average Bonchev–Trinajstić information content (AvgIpc) is 2.88. The molecule has 2 aromatic rings. The van der Waals surface area contributed by atoms with Crippen LogP contribution in [-0.4, -0.2) is 25.0 Å². The van der Waals surface area contributed by atoms with Gasteiger partial charge < -0.3 is 20.2 Å². The van der Waals surface area contributed by atoms with Gasteiger partial charge in [0.2, 0.25) is 5.76 Å². The lowest BCUT2D eigenvalue weighted by Gasteiger charge is -2.04. The molecule has 1 heterocycles. The Morgan fingerprint density at radius 3 is 2.90 bits per heavy atom. The van der Waals surface area contributed by atoms with Crippen LogP contribution in [0.2, 0.25) is 0 Å². The summed E-state index contributed by atoms with van der Waals surface area (Å²) in [6.45, 7) is 2.29. The van der Waals surface area contributed by atoms with Gasteiger partial charge in [-0.15, -0.1) is 0 Å². The van der Waals surface area contributed by atoms with Crippen LogP contribution in [0.25, 0.3) is 11.0 Å². The summed E-state index contributed by atoms with van der Waals surface area (Å²) in [6, 6.07) is 6.61. The molecule has 112 valence electrons. The van der Waals surface area contributed by atoms with Crippen molar-refractivity contribution in [1.82, 2.24) is 5.32 Å². The Labute approximate surface area is 122 Å². The van der Waals surface area contributed by atoms with Crippen molar-refractivity contribution in [3.63, 3.8) is 0 Å². The van der Waals surface area contributed by atoms with Crippen molar-refractivity contribution in [2.75, 3.05) is 18.9 Å². The van der Waals surface area contributed by atoms with Crippen LogP contribution in [0, 0.1) is 0 Å². The summed E-state index contributed by atoms with van der Waals surface area (Å²) in [7, 11) is 0. The topological polar surface area (TPSA) is 94.6 Å². The fourth-order valence-corrected chi connectivity index (χ4v) is 1.82. The first-order valence-electron chi connectivity index (χ1n) is 6.83. The number of esters is 1. The minimum atomic E-state index is -0.671. The van der Waals surface area contributed by atoms with Gasteiger partial charge in [-0.1, -0.05) is 13.3 Å². The highest BCUT2D eigenvalue weighted by atomic mass is 16.5. The van der Waals surface area contributed by atoms with E-state index in [0.717, 1.165) is 12.8 Å². The highest BCUT2D eigenvalue weighted by Gasteiger charge is 2.15. The minimum Gasteiger partial charge on any atom is -0.450 e. The molecule has 0 aliphatic heterocycles. The molecule has 0 atom stereocenters. The molecule has 0 fully saturated rings. The van der Waals surface area contributed by atoms with Crippen LogP contribution in [0.1, 0.15) is 30.3 Å². The molecule has 0 aliphatic rings. The lowest BCUT2D eigenvalue weighted by atomic mass is 10.2. The monoisotopic (exact) mass is 290 g/mol. The van der Waals surface area contributed by atoms with E-state index in [4.69, 9.17) is 14.9 Å². The van der Waals surface area contributed by atoms with Gasteiger partial charge >= 0.3 is 5.97 Å². The standard InChI is InChI=1S/C15H18N2O4/c1-2-3-6-17-14(18)9-20-15(19)13-8-10-7-11(16)4-5-12(10)21-13/h4-5,7-8H,2-3,6,9,16H2,1H3,(H,17,18). The van der Waals surface area contributed by atoms with Crippen LogP contribution in [0.4, 0.5) is 5.69 Å². The largest absolute Gasteiger partial charge is 0.450 e. The first kappa shape index (κ1) is 14.9. The fourth-order valence-electron chi connectivity index (χ4n) is 1.82. The summed E-state index contributed by atoms with van der Waals surface area (Å²) < 4.78 is 10.3.